The Morgan fingerprint density at radius 3 is 2.32 bits per heavy atom. The van der Waals surface area contributed by atoms with Crippen molar-refractivity contribution in [2.45, 2.75) is 141 Å². The Balaban J connectivity index is 1.76. The average Bonchev–Trinajstić information content (AvgIpc) is 3.22. The number of amides is 3. The number of hydrogen-bond donors (Lipinski definition) is 5. The lowest BCUT2D eigenvalue weighted by Crippen LogP contribution is -2.52. The third-order valence-electron chi connectivity index (χ3n) is 11.2. The summed E-state index contributed by atoms with van der Waals surface area (Å²) in [6.07, 6.45) is 9.74. The summed E-state index contributed by atoms with van der Waals surface area (Å²) in [6, 6.07) is 9.15. The van der Waals surface area contributed by atoms with Crippen LogP contribution in [0.1, 0.15) is 110 Å². The lowest BCUT2D eigenvalue weighted by atomic mass is 9.81. The van der Waals surface area contributed by atoms with Crippen LogP contribution >= 0.6 is 0 Å². The van der Waals surface area contributed by atoms with E-state index in [9.17, 15) is 19.5 Å². The maximum atomic E-state index is 14.4. The third kappa shape index (κ3) is 17.3. The van der Waals surface area contributed by atoms with E-state index in [-0.39, 0.29) is 43.0 Å². The Bertz CT molecular complexity index is 1380. The van der Waals surface area contributed by atoms with E-state index in [4.69, 9.17) is 19.5 Å². The number of benzene rings is 1. The van der Waals surface area contributed by atoms with Crippen molar-refractivity contribution in [3.8, 4) is 6.19 Å². The number of ether oxygens (including phenoxy) is 3. The van der Waals surface area contributed by atoms with Gasteiger partial charge in [-0.3, -0.25) is 24.7 Å². The summed E-state index contributed by atoms with van der Waals surface area (Å²) in [5, 5.41) is 32.4. The van der Waals surface area contributed by atoms with Crippen LogP contribution in [0.15, 0.2) is 35.3 Å². The first-order valence-corrected chi connectivity index (χ1v) is 21.3. The molecule has 0 aromatic heterocycles. The van der Waals surface area contributed by atoms with Crippen LogP contribution < -0.4 is 21.3 Å². The molecule has 2 fully saturated rings. The van der Waals surface area contributed by atoms with Gasteiger partial charge in [0.15, 0.2) is 6.19 Å². The number of carbonyl (C=O) groups excluding carboxylic acids is 3. The van der Waals surface area contributed by atoms with Crippen molar-refractivity contribution in [2.24, 2.45) is 22.7 Å². The fourth-order valence-electron chi connectivity index (χ4n) is 7.83. The van der Waals surface area contributed by atoms with Crippen molar-refractivity contribution in [2.75, 3.05) is 47.1 Å². The number of likely N-dealkylation sites (tertiary alicyclic amines) is 1. The molecule has 1 heterocycles. The Morgan fingerprint density at radius 1 is 0.982 bits per heavy atom. The lowest BCUT2D eigenvalue weighted by Gasteiger charge is -2.36. The predicted molar refractivity (Wildman–Crippen MR) is 221 cm³/mol. The molecule has 5 N–H and O–H groups in total. The number of nitrogens with one attached hydrogen (secondary N) is 4. The highest BCUT2D eigenvalue weighted by Crippen LogP contribution is 2.30. The van der Waals surface area contributed by atoms with E-state index in [1.54, 1.807) is 14.2 Å². The molecule has 1 saturated heterocycles. The number of guanidine groups is 1. The van der Waals surface area contributed by atoms with Crippen molar-refractivity contribution >= 4 is 23.7 Å². The minimum absolute atomic E-state index is 0.0184. The minimum atomic E-state index is -0.966. The van der Waals surface area contributed by atoms with Gasteiger partial charge >= 0.3 is 0 Å². The topological polar surface area (TPSA) is 187 Å². The van der Waals surface area contributed by atoms with Gasteiger partial charge < -0.3 is 40.2 Å². The van der Waals surface area contributed by atoms with Gasteiger partial charge in [-0.2, -0.15) is 5.26 Å². The van der Waals surface area contributed by atoms with E-state index in [0.717, 1.165) is 44.1 Å². The van der Waals surface area contributed by atoms with Gasteiger partial charge in [-0.05, 0) is 55.9 Å². The van der Waals surface area contributed by atoms with Crippen LogP contribution in [-0.2, 0) is 35.0 Å². The summed E-state index contributed by atoms with van der Waals surface area (Å²) in [5.41, 5.74) is 0.944. The molecule has 0 radical (unpaired) electrons. The fraction of sp³-hybridized carbons (Fsp3) is 0.744. The maximum absolute atomic E-state index is 14.4. The molecular formula is C43H71N7O7. The highest BCUT2D eigenvalue weighted by atomic mass is 16.7. The first-order chi connectivity index (χ1) is 27.6. The molecule has 3 rings (SSSR count). The van der Waals surface area contributed by atoms with E-state index in [2.05, 4.69) is 33.2 Å². The number of aliphatic imine (C=N–C) groups is 1. The fourth-order valence-corrected chi connectivity index (χ4v) is 7.83. The van der Waals surface area contributed by atoms with Gasteiger partial charge in [0.2, 0.25) is 17.8 Å². The Kier molecular flexibility index (Phi) is 22.6. The summed E-state index contributed by atoms with van der Waals surface area (Å²) < 4.78 is 17.5. The van der Waals surface area contributed by atoms with Gasteiger partial charge in [-0.1, -0.05) is 96.0 Å². The number of rotatable bonds is 24. The summed E-state index contributed by atoms with van der Waals surface area (Å²) in [4.78, 5) is 47.8. The van der Waals surface area contributed by atoms with Gasteiger partial charge in [-0.25, -0.2) is 0 Å². The number of unbranched alkanes of at least 4 members (excludes halogenated alkanes) is 1. The van der Waals surface area contributed by atoms with Gasteiger partial charge in [0.05, 0.1) is 18.2 Å². The Morgan fingerprint density at radius 2 is 1.68 bits per heavy atom. The molecule has 3 amide bonds. The molecule has 1 aliphatic heterocycles. The third-order valence-corrected chi connectivity index (χ3v) is 11.2. The molecule has 14 nitrogen and oxygen atoms in total. The van der Waals surface area contributed by atoms with Crippen LogP contribution in [0.2, 0.25) is 0 Å². The zero-order valence-electron chi connectivity index (χ0n) is 35.2. The van der Waals surface area contributed by atoms with Crippen molar-refractivity contribution in [1.29, 1.82) is 5.26 Å². The second-order valence-electron chi connectivity index (χ2n) is 15.9. The summed E-state index contributed by atoms with van der Waals surface area (Å²) in [7, 11) is 3.17. The number of nitriles is 1. The number of methoxy groups -OCH3 is 1. The quantitative estimate of drug-likeness (QED) is 0.0251. The largest absolute Gasteiger partial charge is 0.391 e. The molecule has 4 unspecified atom stereocenters. The van der Waals surface area contributed by atoms with Gasteiger partial charge in [0, 0.05) is 52.7 Å². The molecular weight excluding hydrogens is 727 g/mol. The molecule has 0 spiro atoms. The zero-order chi connectivity index (χ0) is 41.4. The summed E-state index contributed by atoms with van der Waals surface area (Å²) in [6.45, 7) is 8.19. The molecule has 320 valence electrons. The molecule has 14 heteroatoms. The SMILES string of the molecule is CCCCC(OC(Cc1ccccc1)C(=O)N1CCC(OCOC)CC1)C(=O)NC(CC1CCCCC1)[C@@H](O)CC(C(=O)NCCCNC(=NC)NC#N)C(C)C. The van der Waals surface area contributed by atoms with Crippen LogP contribution in [0.25, 0.3) is 0 Å². The summed E-state index contributed by atoms with van der Waals surface area (Å²) >= 11 is 0. The highest BCUT2D eigenvalue weighted by Gasteiger charge is 2.36. The molecule has 1 aliphatic carbocycles. The Hall–Kier alpha value is -3.77. The van der Waals surface area contributed by atoms with Crippen molar-refractivity contribution < 1.29 is 33.7 Å². The normalized spacial score (nSPS) is 18.2. The molecule has 1 aromatic carbocycles. The van der Waals surface area contributed by atoms with E-state index >= 15 is 0 Å². The monoisotopic (exact) mass is 798 g/mol. The number of aliphatic hydroxyl groups is 1. The number of piperidine rings is 1. The Labute approximate surface area is 341 Å². The van der Waals surface area contributed by atoms with Crippen LogP contribution in [0.3, 0.4) is 0 Å². The van der Waals surface area contributed by atoms with E-state index in [1.165, 1.54) is 6.42 Å². The average molecular weight is 798 g/mol. The van der Waals surface area contributed by atoms with Crippen LogP contribution in [0.5, 0.6) is 0 Å². The molecule has 1 aromatic rings. The lowest BCUT2D eigenvalue weighted by molar-refractivity contribution is -0.157. The molecule has 5 atom stereocenters. The van der Waals surface area contributed by atoms with E-state index in [1.807, 2.05) is 55.3 Å². The van der Waals surface area contributed by atoms with Crippen molar-refractivity contribution in [1.82, 2.24) is 26.2 Å². The molecule has 0 bridgehead atoms. The number of carbonyl (C=O) groups is 3. The predicted octanol–water partition coefficient (Wildman–Crippen LogP) is 4.42. The first-order valence-electron chi connectivity index (χ1n) is 21.3. The molecule has 2 aliphatic rings. The van der Waals surface area contributed by atoms with Gasteiger partial charge in [0.25, 0.3) is 5.91 Å². The molecule has 1 saturated carbocycles. The van der Waals surface area contributed by atoms with Gasteiger partial charge in [0.1, 0.15) is 19.0 Å². The van der Waals surface area contributed by atoms with Gasteiger partial charge in [-0.15, -0.1) is 0 Å². The van der Waals surface area contributed by atoms with Crippen LogP contribution in [0, 0.1) is 29.2 Å². The van der Waals surface area contributed by atoms with Crippen LogP contribution in [-0.4, -0.2) is 111 Å². The smallest absolute Gasteiger partial charge is 0.252 e. The van der Waals surface area contributed by atoms with Crippen molar-refractivity contribution in [3.63, 3.8) is 0 Å². The zero-order valence-corrected chi connectivity index (χ0v) is 35.2. The number of hydrogen-bond acceptors (Lipinski definition) is 9. The van der Waals surface area contributed by atoms with E-state index in [0.29, 0.717) is 76.6 Å². The summed E-state index contributed by atoms with van der Waals surface area (Å²) in [5.74, 6) is -0.435. The highest BCUT2D eigenvalue weighted by molar-refractivity contribution is 5.84. The van der Waals surface area contributed by atoms with E-state index < -0.39 is 30.3 Å². The number of nitrogens with zero attached hydrogens (tertiary/aromatic N) is 3. The minimum Gasteiger partial charge on any atom is -0.391 e. The molecule has 57 heavy (non-hydrogen) atoms. The first kappa shape index (κ1) is 47.6. The van der Waals surface area contributed by atoms with Crippen LogP contribution in [0.4, 0.5) is 0 Å². The standard InChI is InChI=1S/C43H71N7O7/c1-6-7-19-38(57-39(27-33-17-12-9-13-18-33)42(54)50-24-20-34(21-25-50)56-30-55-5)41(53)49-36(26-32-15-10-8-11-16-32)37(51)28-35(31(2)3)40(52)46-22-14-23-47-43(45-4)48-29-44/h9,12-13,17-18,31-32,34-39,51H,6-8,10-11,14-16,19-28,30H2,1-5H3,(H,46,52)(H,49,53)(H2,45,47,48)/t35?,36?,37-,38?,39?/m0/s1. The number of aliphatic hydroxyl groups excluding tert-OH is 1. The maximum Gasteiger partial charge on any atom is 0.252 e. The second-order valence-corrected chi connectivity index (χ2v) is 15.9. The second kappa shape index (κ2) is 27.0. The van der Waals surface area contributed by atoms with Crippen molar-refractivity contribution in [3.05, 3.63) is 35.9 Å².